The van der Waals surface area contributed by atoms with Gasteiger partial charge in [0.25, 0.3) is 0 Å². The molecule has 3 aromatic rings. The molecule has 0 unspecified atom stereocenters. The number of oxazole rings is 1. The molecule has 0 radical (unpaired) electrons. The Morgan fingerprint density at radius 1 is 1.29 bits per heavy atom. The summed E-state index contributed by atoms with van der Waals surface area (Å²) in [5.74, 6) is 1.45. The molecule has 0 aliphatic rings. The molecule has 0 saturated carbocycles. The molecule has 0 aliphatic heterocycles. The molecule has 0 spiro atoms. The zero-order chi connectivity index (χ0) is 11.7. The summed E-state index contributed by atoms with van der Waals surface area (Å²) in [5, 5.41) is 2.06. The fraction of sp³-hybridized carbons (Fsp3) is 0.0833. The van der Waals surface area contributed by atoms with Crippen molar-refractivity contribution in [2.45, 2.75) is 9.96 Å². The molecule has 0 fully saturated rings. The van der Waals surface area contributed by atoms with Crippen molar-refractivity contribution >= 4 is 39.9 Å². The fourth-order valence-corrected chi connectivity index (χ4v) is 3.18. The first-order valence-electron chi connectivity index (χ1n) is 5.13. The molecule has 86 valence electrons. The molecule has 17 heavy (non-hydrogen) atoms. The van der Waals surface area contributed by atoms with Crippen LogP contribution >= 0.6 is 23.1 Å². The smallest absolute Gasteiger partial charge is 0.205 e. The van der Waals surface area contributed by atoms with E-state index in [1.807, 2.05) is 24.3 Å². The maximum absolute atomic E-state index is 5.83. The summed E-state index contributed by atoms with van der Waals surface area (Å²) in [6, 6.07) is 9.72. The second-order valence-corrected chi connectivity index (χ2v) is 5.75. The van der Waals surface area contributed by atoms with E-state index in [2.05, 4.69) is 16.4 Å². The molecular formula is C12H10N2OS2. The third kappa shape index (κ3) is 2.16. The van der Waals surface area contributed by atoms with Gasteiger partial charge in [-0.1, -0.05) is 12.1 Å². The van der Waals surface area contributed by atoms with Gasteiger partial charge in [0, 0.05) is 0 Å². The van der Waals surface area contributed by atoms with Crippen LogP contribution in [0.3, 0.4) is 0 Å². The highest BCUT2D eigenvalue weighted by atomic mass is 32.2. The van der Waals surface area contributed by atoms with E-state index in [1.165, 1.54) is 4.21 Å². The highest BCUT2D eigenvalue weighted by Gasteiger charge is 2.08. The van der Waals surface area contributed by atoms with E-state index in [-0.39, 0.29) is 0 Å². The second kappa shape index (κ2) is 4.43. The Morgan fingerprint density at radius 2 is 2.24 bits per heavy atom. The van der Waals surface area contributed by atoms with Gasteiger partial charge in [-0.25, -0.2) is 4.98 Å². The summed E-state index contributed by atoms with van der Waals surface area (Å²) in [6.45, 7) is 0. The Hall–Kier alpha value is -1.46. The van der Waals surface area contributed by atoms with Crippen molar-refractivity contribution in [3.63, 3.8) is 0 Å². The number of nitrogens with two attached hydrogens (primary N) is 1. The van der Waals surface area contributed by atoms with Crippen molar-refractivity contribution in [3.05, 3.63) is 41.6 Å². The Morgan fingerprint density at radius 3 is 3.00 bits per heavy atom. The lowest BCUT2D eigenvalue weighted by molar-refractivity contribution is 0.556. The van der Waals surface area contributed by atoms with Crippen LogP contribution in [0.15, 0.2) is 44.3 Å². The van der Waals surface area contributed by atoms with Crippen LogP contribution in [0, 0.1) is 0 Å². The molecule has 0 bridgehead atoms. The Kier molecular flexibility index (Phi) is 2.78. The van der Waals surface area contributed by atoms with E-state index in [0.29, 0.717) is 5.69 Å². The first-order chi connectivity index (χ1) is 8.33. The van der Waals surface area contributed by atoms with E-state index in [4.69, 9.17) is 10.2 Å². The number of para-hydroxylation sites is 1. The molecule has 2 heterocycles. The third-order valence-corrected chi connectivity index (χ3v) is 4.44. The van der Waals surface area contributed by atoms with E-state index in [1.54, 1.807) is 23.1 Å². The van der Waals surface area contributed by atoms with Gasteiger partial charge in [-0.05, 0) is 23.6 Å². The molecule has 3 rings (SSSR count). The van der Waals surface area contributed by atoms with Crippen molar-refractivity contribution in [3.8, 4) is 0 Å². The van der Waals surface area contributed by atoms with Crippen LogP contribution < -0.4 is 5.73 Å². The van der Waals surface area contributed by atoms with Crippen LogP contribution in [0.2, 0.25) is 0 Å². The zero-order valence-electron chi connectivity index (χ0n) is 8.92. The number of rotatable bonds is 3. The summed E-state index contributed by atoms with van der Waals surface area (Å²) >= 11 is 3.44. The third-order valence-electron chi connectivity index (χ3n) is 2.33. The minimum atomic E-state index is 0.665. The topological polar surface area (TPSA) is 52.0 Å². The lowest BCUT2D eigenvalue weighted by Gasteiger charge is -1.91. The first kappa shape index (κ1) is 10.7. The maximum Gasteiger partial charge on any atom is 0.205 e. The number of thiophene rings is 1. The summed E-state index contributed by atoms with van der Waals surface area (Å²) in [6.07, 6.45) is 0. The molecule has 2 N–H and O–H groups in total. The van der Waals surface area contributed by atoms with Crippen molar-refractivity contribution in [2.75, 3.05) is 5.73 Å². The molecular weight excluding hydrogens is 252 g/mol. The predicted octanol–water partition coefficient (Wildman–Crippen LogP) is 3.76. The largest absolute Gasteiger partial charge is 0.440 e. The van der Waals surface area contributed by atoms with Crippen molar-refractivity contribution in [1.29, 1.82) is 0 Å². The standard InChI is InChI=1S/C12H10N2OS2/c13-8-3-1-4-9-12(8)14-10(15-9)7-17-11-5-2-6-16-11/h1-6H,7,13H2. The van der Waals surface area contributed by atoms with Gasteiger partial charge >= 0.3 is 0 Å². The van der Waals surface area contributed by atoms with Crippen molar-refractivity contribution < 1.29 is 4.42 Å². The zero-order valence-corrected chi connectivity index (χ0v) is 10.6. The van der Waals surface area contributed by atoms with Gasteiger partial charge in [0.1, 0.15) is 5.52 Å². The summed E-state index contributed by atoms with van der Waals surface area (Å²) in [5.41, 5.74) is 8.01. The summed E-state index contributed by atoms with van der Waals surface area (Å²) in [7, 11) is 0. The Bertz CT molecular complexity index is 631. The molecule has 3 nitrogen and oxygen atoms in total. The lowest BCUT2D eigenvalue weighted by Crippen LogP contribution is -1.85. The van der Waals surface area contributed by atoms with Gasteiger partial charge in [0.2, 0.25) is 5.89 Å². The van der Waals surface area contributed by atoms with E-state index < -0.39 is 0 Å². The Balaban J connectivity index is 1.84. The molecule has 0 amide bonds. The molecule has 1 aromatic carbocycles. The van der Waals surface area contributed by atoms with Crippen LogP contribution in [0.5, 0.6) is 0 Å². The van der Waals surface area contributed by atoms with E-state index >= 15 is 0 Å². The molecule has 5 heteroatoms. The maximum atomic E-state index is 5.83. The number of nitrogens with zero attached hydrogens (tertiary/aromatic N) is 1. The number of fused-ring (bicyclic) bond motifs is 1. The van der Waals surface area contributed by atoms with Crippen LogP contribution in [-0.4, -0.2) is 4.98 Å². The van der Waals surface area contributed by atoms with Gasteiger partial charge in [-0.3, -0.25) is 0 Å². The predicted molar refractivity (Wildman–Crippen MR) is 72.3 cm³/mol. The monoisotopic (exact) mass is 262 g/mol. The minimum absolute atomic E-state index is 0.665. The van der Waals surface area contributed by atoms with Crippen LogP contribution in [0.4, 0.5) is 5.69 Å². The van der Waals surface area contributed by atoms with Gasteiger partial charge in [-0.2, -0.15) is 0 Å². The van der Waals surface area contributed by atoms with Gasteiger partial charge in [0.05, 0.1) is 15.6 Å². The molecule has 0 saturated heterocycles. The van der Waals surface area contributed by atoms with Crippen LogP contribution in [0.1, 0.15) is 5.89 Å². The van der Waals surface area contributed by atoms with E-state index in [9.17, 15) is 0 Å². The van der Waals surface area contributed by atoms with Gasteiger partial charge in [0.15, 0.2) is 5.58 Å². The van der Waals surface area contributed by atoms with Gasteiger partial charge in [-0.15, -0.1) is 23.1 Å². The molecule has 0 atom stereocenters. The average Bonchev–Trinajstić information content (AvgIpc) is 2.95. The lowest BCUT2D eigenvalue weighted by atomic mass is 10.3. The summed E-state index contributed by atoms with van der Waals surface area (Å²) in [4.78, 5) is 4.40. The quantitative estimate of drug-likeness (QED) is 0.576. The number of anilines is 1. The Labute approximate surface area is 107 Å². The van der Waals surface area contributed by atoms with Crippen molar-refractivity contribution in [1.82, 2.24) is 4.98 Å². The number of hydrogen-bond acceptors (Lipinski definition) is 5. The summed E-state index contributed by atoms with van der Waals surface area (Å²) < 4.78 is 6.90. The number of nitrogen functional groups attached to an aromatic ring is 1. The fourth-order valence-electron chi connectivity index (χ4n) is 1.56. The highest BCUT2D eigenvalue weighted by molar-refractivity contribution is 8.00. The highest BCUT2D eigenvalue weighted by Crippen LogP contribution is 2.29. The van der Waals surface area contributed by atoms with Crippen LogP contribution in [0.25, 0.3) is 11.1 Å². The molecule has 0 aliphatic carbocycles. The number of hydrogen-bond donors (Lipinski definition) is 1. The normalized spacial score (nSPS) is 11.1. The first-order valence-corrected chi connectivity index (χ1v) is 6.99. The number of aromatic nitrogens is 1. The molecule has 2 aromatic heterocycles. The average molecular weight is 262 g/mol. The number of thioether (sulfide) groups is 1. The van der Waals surface area contributed by atoms with Crippen LogP contribution in [-0.2, 0) is 5.75 Å². The van der Waals surface area contributed by atoms with Gasteiger partial charge < -0.3 is 10.2 Å². The SMILES string of the molecule is Nc1cccc2oc(CSc3cccs3)nc12. The van der Waals surface area contributed by atoms with Crippen molar-refractivity contribution in [2.24, 2.45) is 0 Å². The second-order valence-electron chi connectivity index (χ2n) is 3.52. The minimum Gasteiger partial charge on any atom is -0.440 e. The van der Waals surface area contributed by atoms with E-state index in [0.717, 1.165) is 22.7 Å². The number of benzene rings is 1.